The molecule has 1 spiro atoms. The van der Waals surface area contributed by atoms with Crippen molar-refractivity contribution in [1.82, 2.24) is 55.1 Å². The van der Waals surface area contributed by atoms with E-state index in [2.05, 4.69) is 20.7 Å². The summed E-state index contributed by atoms with van der Waals surface area (Å²) < 4.78 is 88.1. The second kappa shape index (κ2) is 34.7. The summed E-state index contributed by atoms with van der Waals surface area (Å²) in [4.78, 5) is 170. The van der Waals surface area contributed by atoms with E-state index >= 15 is 9.59 Å². The molecule has 0 aromatic carbocycles. The first-order chi connectivity index (χ1) is 44.6. The largest absolute Gasteiger partial charge is 0.522 e. The molecule has 3 saturated carbocycles. The van der Waals surface area contributed by atoms with Gasteiger partial charge in [-0.25, -0.2) is 0 Å². The highest BCUT2D eigenvalue weighted by Gasteiger charge is 2.51. The predicted octanol–water partition coefficient (Wildman–Crippen LogP) is 6.08. The van der Waals surface area contributed by atoms with Gasteiger partial charge in [-0.2, -0.15) is 13.2 Å². The first-order valence-electron chi connectivity index (χ1n) is 34.1. The van der Waals surface area contributed by atoms with Gasteiger partial charge in [0.25, 0.3) is 0 Å². The number of nitrogens with one attached hydrogen (secondary N) is 3. The molecule has 13 atom stereocenters. The third-order valence-electron chi connectivity index (χ3n) is 20.7. The van der Waals surface area contributed by atoms with E-state index in [0.29, 0.717) is 38.5 Å². The van der Waals surface area contributed by atoms with Crippen molar-refractivity contribution in [2.45, 2.75) is 242 Å². The van der Waals surface area contributed by atoms with Gasteiger partial charge in [0.15, 0.2) is 0 Å². The van der Waals surface area contributed by atoms with Crippen LogP contribution in [0.5, 0.6) is 0 Å². The van der Waals surface area contributed by atoms with Gasteiger partial charge in [-0.3, -0.25) is 57.5 Å². The highest BCUT2D eigenvalue weighted by molar-refractivity contribution is 6.20. The minimum atomic E-state index is -5.06. The van der Waals surface area contributed by atoms with Gasteiger partial charge >= 0.3 is 12.5 Å². The number of alkyl halides is 7. The van der Waals surface area contributed by atoms with Crippen LogP contribution in [0.1, 0.15) is 170 Å². The third-order valence-corrected chi connectivity index (χ3v) is 21.2. The first kappa shape index (κ1) is 80.7. The average molecular weight is 1400 g/mol. The summed E-state index contributed by atoms with van der Waals surface area (Å²) in [6.07, 6.45) is -8.66. The Morgan fingerprint density at radius 3 is 1.81 bits per heavy atom. The van der Waals surface area contributed by atoms with Crippen LogP contribution in [0.2, 0.25) is 0 Å². The highest BCUT2D eigenvalue weighted by Crippen LogP contribution is 2.44. The number of fused-ring (bicyclic) bond motifs is 1. The minimum Gasteiger partial charge on any atom is -0.343 e. The maximum Gasteiger partial charge on any atom is 0.522 e. The lowest BCUT2D eigenvalue weighted by Gasteiger charge is -2.41. The molecule has 0 radical (unpaired) electrons. The van der Waals surface area contributed by atoms with E-state index in [1.165, 1.54) is 68.9 Å². The maximum atomic E-state index is 15.1. The van der Waals surface area contributed by atoms with Crippen molar-refractivity contribution in [3.8, 4) is 0 Å². The zero-order chi connectivity index (χ0) is 72.2. The summed E-state index contributed by atoms with van der Waals surface area (Å²) >= 11 is 6.34. The van der Waals surface area contributed by atoms with Crippen LogP contribution in [0.25, 0.3) is 0 Å². The standard InChI is InChI=1S/C66H106ClF6N11O12/c1-15-40(6)55-61(93)79(10)36-53(87)77(8)37-54(88)82(13)49(34-43-21-16-17-23-50(43)96-66(71,72)73)60(92)78(9)35-51(85)74-46(27-25-42-24-26-44(45(67)33-42)65(68,69)70)59(91)84-30-20-22-47(84)58(90)76-64(28-18-19-29-64)63(95)83(14)56(39(4)5)62(94)80(11)41(7)32-52(86)81(12)48(31-38(2)3)57(89)75-55/h38-50,55-56H,15-37H2,1-14H3,(H,74,85)(H,75,89)(H,76,90)/t40-,41+,42?,43?,44?,45?,46-,47-,48-,49-,50?,55-,56-/m0/s1. The van der Waals surface area contributed by atoms with Gasteiger partial charge in [-0.15, -0.1) is 24.8 Å². The van der Waals surface area contributed by atoms with Gasteiger partial charge in [-0.1, -0.05) is 73.6 Å². The van der Waals surface area contributed by atoms with Gasteiger partial charge < -0.3 is 55.1 Å². The summed E-state index contributed by atoms with van der Waals surface area (Å²) in [7, 11) is 9.44. The summed E-state index contributed by atoms with van der Waals surface area (Å²) in [5.74, 6) is -12.1. The molecule has 546 valence electrons. The molecule has 5 aliphatic rings. The SMILES string of the molecule is CC[C@H](C)[C@@H]1NC(=O)[C@H](CC(C)C)N(C)C(=O)C[C@@H](C)N(C)C(=O)[C@H](C(C)C)N(C)C(=O)C2(CCCC2)NC(=O)[C@@H]2CCCN2C(=O)[C@H](CCC2CCC(C(F)(F)F)C(Cl)C2)NC(=O)CN(C)C(=O)[C@H](CC2CCCCC2OC(F)(F)F)N(C)C(=O)CN(C)C(=O)CN(C)C1=O. The summed E-state index contributed by atoms with van der Waals surface area (Å²) in [5, 5.41) is 7.27. The molecule has 11 amide bonds. The number of ether oxygens (including phenoxy) is 1. The number of hydrogen-bond donors (Lipinski definition) is 3. The Hall–Kier alpha value is -6.00. The van der Waals surface area contributed by atoms with Crippen molar-refractivity contribution < 1.29 is 83.8 Å². The fourth-order valence-electron chi connectivity index (χ4n) is 14.5. The van der Waals surface area contributed by atoms with Crippen LogP contribution in [0.15, 0.2) is 0 Å². The van der Waals surface area contributed by atoms with E-state index in [1.807, 2.05) is 13.8 Å². The fourth-order valence-corrected chi connectivity index (χ4v) is 15.0. The molecule has 0 bridgehead atoms. The van der Waals surface area contributed by atoms with E-state index in [1.54, 1.807) is 34.6 Å². The molecule has 0 aromatic rings. The van der Waals surface area contributed by atoms with Gasteiger partial charge in [-0.05, 0) is 120 Å². The highest BCUT2D eigenvalue weighted by atomic mass is 35.5. The molecule has 5 fully saturated rings. The summed E-state index contributed by atoms with van der Waals surface area (Å²) in [5.41, 5.74) is -1.54. The molecular formula is C66H106ClF6N11O12. The normalized spacial score (nSPS) is 30.4. The van der Waals surface area contributed by atoms with Crippen molar-refractivity contribution in [3.05, 3.63) is 0 Å². The molecule has 5 rings (SSSR count). The number of carbonyl (C=O) groups is 11. The van der Waals surface area contributed by atoms with E-state index < -0.39 is 186 Å². The van der Waals surface area contributed by atoms with Gasteiger partial charge in [0.05, 0.1) is 31.7 Å². The van der Waals surface area contributed by atoms with Crippen molar-refractivity contribution in [2.75, 3.05) is 75.5 Å². The maximum absolute atomic E-state index is 15.1. The van der Waals surface area contributed by atoms with Gasteiger partial charge in [0.1, 0.15) is 41.8 Å². The fraction of sp³-hybridized carbons (Fsp3) is 0.833. The number of nitrogens with zero attached hydrogens (tertiary/aromatic N) is 8. The minimum absolute atomic E-state index is 0.0118. The Bertz CT molecular complexity index is 2760. The van der Waals surface area contributed by atoms with E-state index in [9.17, 15) is 69.5 Å². The molecule has 96 heavy (non-hydrogen) atoms. The quantitative estimate of drug-likeness (QED) is 0.157. The number of likely N-dealkylation sites (N-methyl/N-ethyl adjacent to an activating group) is 7. The lowest BCUT2D eigenvalue weighted by atomic mass is 9.78. The number of rotatable bonds is 11. The molecule has 2 saturated heterocycles. The monoisotopic (exact) mass is 1390 g/mol. The molecule has 23 nitrogen and oxygen atoms in total. The lowest BCUT2D eigenvalue weighted by molar-refractivity contribution is -0.351. The second-order valence-electron chi connectivity index (χ2n) is 28.7. The first-order valence-corrected chi connectivity index (χ1v) is 34.5. The molecular weight excluding hydrogens is 1290 g/mol. The Labute approximate surface area is 566 Å². The Kier molecular flexibility index (Phi) is 29.1. The van der Waals surface area contributed by atoms with E-state index in [-0.39, 0.29) is 95.9 Å². The number of hydrogen-bond acceptors (Lipinski definition) is 12. The van der Waals surface area contributed by atoms with Crippen LogP contribution in [0, 0.1) is 35.5 Å². The second-order valence-corrected chi connectivity index (χ2v) is 29.2. The number of halogens is 7. The third kappa shape index (κ3) is 21.0. The Morgan fingerprint density at radius 1 is 0.625 bits per heavy atom. The molecule has 0 aromatic heterocycles. The molecule has 3 aliphatic carbocycles. The Balaban J connectivity index is 1.58. The topological polar surface area (TPSA) is 259 Å². The summed E-state index contributed by atoms with van der Waals surface area (Å²) in [6, 6.07) is -8.45. The van der Waals surface area contributed by atoms with Gasteiger partial charge in [0, 0.05) is 73.7 Å². The molecule has 30 heteroatoms. The van der Waals surface area contributed by atoms with E-state index in [4.69, 9.17) is 11.6 Å². The van der Waals surface area contributed by atoms with Crippen LogP contribution >= 0.6 is 11.6 Å². The number of carbonyl (C=O) groups excluding carboxylic acids is 11. The van der Waals surface area contributed by atoms with Gasteiger partial charge in [0.2, 0.25) is 65.0 Å². The molecule has 2 aliphatic heterocycles. The van der Waals surface area contributed by atoms with Crippen molar-refractivity contribution >= 4 is 76.6 Å². The van der Waals surface area contributed by atoms with Crippen LogP contribution in [-0.2, 0) is 57.5 Å². The van der Waals surface area contributed by atoms with E-state index in [0.717, 1.165) is 19.6 Å². The molecule has 3 N–H and O–H groups in total. The van der Waals surface area contributed by atoms with Crippen molar-refractivity contribution in [2.24, 2.45) is 35.5 Å². The molecule has 2 heterocycles. The smallest absolute Gasteiger partial charge is 0.343 e. The number of amides is 11. The van der Waals surface area contributed by atoms with Crippen LogP contribution < -0.4 is 16.0 Å². The van der Waals surface area contributed by atoms with Crippen LogP contribution in [-0.4, -0.2) is 252 Å². The zero-order valence-electron chi connectivity index (χ0n) is 58.5. The zero-order valence-corrected chi connectivity index (χ0v) is 59.3. The lowest BCUT2D eigenvalue weighted by Crippen LogP contribution is -2.64. The summed E-state index contributed by atoms with van der Waals surface area (Å²) in [6.45, 7) is 10.3. The average Bonchev–Trinajstić information content (AvgIpc) is 1.54. The van der Waals surface area contributed by atoms with Crippen molar-refractivity contribution in [1.29, 1.82) is 0 Å². The molecule has 5 unspecified atom stereocenters. The van der Waals surface area contributed by atoms with Crippen LogP contribution in [0.3, 0.4) is 0 Å². The predicted molar refractivity (Wildman–Crippen MR) is 344 cm³/mol. The van der Waals surface area contributed by atoms with Crippen LogP contribution in [0.4, 0.5) is 26.3 Å². The van der Waals surface area contributed by atoms with Crippen molar-refractivity contribution in [3.63, 3.8) is 0 Å². The Morgan fingerprint density at radius 2 is 1.23 bits per heavy atom.